The molecule has 0 radical (unpaired) electrons. The highest BCUT2D eigenvalue weighted by Crippen LogP contribution is 2.13. The number of nitrogens with zero attached hydrogens (tertiary/aromatic N) is 1. The van der Waals surface area contributed by atoms with Gasteiger partial charge in [-0.1, -0.05) is 6.92 Å². The van der Waals surface area contributed by atoms with E-state index in [2.05, 4.69) is 10.2 Å². The number of nitrogens with one attached hydrogen (secondary N) is 1. The van der Waals surface area contributed by atoms with Gasteiger partial charge in [-0.25, -0.2) is 0 Å². The van der Waals surface area contributed by atoms with E-state index in [0.29, 0.717) is 0 Å². The van der Waals surface area contributed by atoms with E-state index in [1.54, 1.807) is 0 Å². The summed E-state index contributed by atoms with van der Waals surface area (Å²) in [5.41, 5.74) is -0.390. The van der Waals surface area contributed by atoms with Crippen molar-refractivity contribution in [2.24, 2.45) is 0 Å². The molecule has 1 rings (SSSR count). The number of esters is 1. The van der Waals surface area contributed by atoms with Gasteiger partial charge in [0.15, 0.2) is 0 Å². The van der Waals surface area contributed by atoms with E-state index >= 15 is 0 Å². The molecular formula is C12H24N2O2. The van der Waals surface area contributed by atoms with Crippen LogP contribution in [0.1, 0.15) is 34.1 Å². The second-order valence-corrected chi connectivity index (χ2v) is 5.24. The molecule has 0 aliphatic carbocycles. The van der Waals surface area contributed by atoms with Gasteiger partial charge in [-0.05, 0) is 27.2 Å². The zero-order valence-corrected chi connectivity index (χ0v) is 10.9. The quantitative estimate of drug-likeness (QED) is 0.732. The van der Waals surface area contributed by atoms with Crippen LogP contribution in [0.5, 0.6) is 0 Å². The Morgan fingerprint density at radius 3 is 2.38 bits per heavy atom. The molecule has 1 aliphatic rings. The molecule has 0 aromatic rings. The molecule has 1 unspecified atom stereocenters. The van der Waals surface area contributed by atoms with Gasteiger partial charge >= 0.3 is 5.97 Å². The first kappa shape index (κ1) is 13.5. The second-order valence-electron chi connectivity index (χ2n) is 5.24. The summed E-state index contributed by atoms with van der Waals surface area (Å²) in [4.78, 5) is 14.2. The third-order valence-corrected chi connectivity index (χ3v) is 2.66. The van der Waals surface area contributed by atoms with Crippen molar-refractivity contribution in [3.05, 3.63) is 0 Å². The van der Waals surface area contributed by atoms with Crippen LogP contribution in [-0.4, -0.2) is 48.7 Å². The van der Waals surface area contributed by atoms with Crippen LogP contribution in [0.3, 0.4) is 0 Å². The molecule has 0 saturated carbocycles. The Labute approximate surface area is 98.3 Å². The molecule has 1 saturated heterocycles. The summed E-state index contributed by atoms with van der Waals surface area (Å²) in [6, 6.07) is -0.0821. The van der Waals surface area contributed by atoms with Gasteiger partial charge in [0.2, 0.25) is 0 Å². The molecule has 1 N–H and O–H groups in total. The van der Waals surface area contributed by atoms with E-state index in [4.69, 9.17) is 4.74 Å². The van der Waals surface area contributed by atoms with Crippen LogP contribution in [0.2, 0.25) is 0 Å². The highest BCUT2D eigenvalue weighted by molar-refractivity contribution is 5.76. The standard InChI is InChI=1S/C12H24N2O2/c1-5-10(11(15)16-12(2,3)4)14-8-6-13-7-9-14/h10,13H,5-9H2,1-4H3. The average molecular weight is 228 g/mol. The molecule has 16 heavy (non-hydrogen) atoms. The third kappa shape index (κ3) is 4.10. The van der Waals surface area contributed by atoms with Crippen LogP contribution in [0.15, 0.2) is 0 Å². The van der Waals surface area contributed by atoms with Gasteiger partial charge < -0.3 is 10.1 Å². The first-order valence-electron chi connectivity index (χ1n) is 6.11. The fraction of sp³-hybridized carbons (Fsp3) is 0.917. The molecule has 0 bridgehead atoms. The van der Waals surface area contributed by atoms with Crippen molar-refractivity contribution >= 4 is 5.97 Å². The zero-order valence-electron chi connectivity index (χ0n) is 10.9. The Kier molecular flexibility index (Phi) is 4.74. The molecule has 1 atom stereocenters. The van der Waals surface area contributed by atoms with Crippen molar-refractivity contribution in [1.82, 2.24) is 10.2 Å². The summed E-state index contributed by atoms with van der Waals surface area (Å²) in [6.45, 7) is 11.5. The summed E-state index contributed by atoms with van der Waals surface area (Å²) in [5, 5.41) is 3.29. The van der Waals surface area contributed by atoms with Crippen LogP contribution in [0.25, 0.3) is 0 Å². The minimum Gasteiger partial charge on any atom is -0.459 e. The molecule has 4 nitrogen and oxygen atoms in total. The van der Waals surface area contributed by atoms with Crippen molar-refractivity contribution in [2.75, 3.05) is 26.2 Å². The summed E-state index contributed by atoms with van der Waals surface area (Å²) in [5.74, 6) is -0.0862. The minimum absolute atomic E-state index is 0.0821. The highest BCUT2D eigenvalue weighted by Gasteiger charge is 2.29. The van der Waals surface area contributed by atoms with E-state index in [0.717, 1.165) is 32.6 Å². The Morgan fingerprint density at radius 2 is 1.94 bits per heavy atom. The van der Waals surface area contributed by atoms with Crippen molar-refractivity contribution in [2.45, 2.75) is 45.8 Å². The smallest absolute Gasteiger partial charge is 0.323 e. The van der Waals surface area contributed by atoms with Crippen LogP contribution in [0, 0.1) is 0 Å². The number of ether oxygens (including phenoxy) is 1. The lowest BCUT2D eigenvalue weighted by atomic mass is 10.1. The molecular weight excluding hydrogens is 204 g/mol. The van der Waals surface area contributed by atoms with Gasteiger partial charge in [-0.3, -0.25) is 9.69 Å². The van der Waals surface area contributed by atoms with E-state index in [1.807, 2.05) is 27.7 Å². The number of carbonyl (C=O) groups excluding carboxylic acids is 1. The molecule has 1 aliphatic heterocycles. The number of rotatable bonds is 3. The van der Waals surface area contributed by atoms with Crippen LogP contribution in [-0.2, 0) is 9.53 Å². The third-order valence-electron chi connectivity index (χ3n) is 2.66. The molecule has 94 valence electrons. The number of hydrogen-bond donors (Lipinski definition) is 1. The first-order valence-corrected chi connectivity index (χ1v) is 6.11. The zero-order chi connectivity index (χ0) is 12.2. The van der Waals surface area contributed by atoms with Crippen molar-refractivity contribution in [1.29, 1.82) is 0 Å². The number of hydrogen-bond acceptors (Lipinski definition) is 4. The van der Waals surface area contributed by atoms with E-state index in [-0.39, 0.29) is 12.0 Å². The predicted octanol–water partition coefficient (Wildman–Crippen LogP) is 1.01. The fourth-order valence-corrected chi connectivity index (χ4v) is 1.94. The molecule has 1 heterocycles. The first-order chi connectivity index (χ1) is 7.44. The minimum atomic E-state index is -0.390. The summed E-state index contributed by atoms with van der Waals surface area (Å²) >= 11 is 0. The summed E-state index contributed by atoms with van der Waals surface area (Å²) in [6.07, 6.45) is 0.814. The second kappa shape index (κ2) is 5.64. The van der Waals surface area contributed by atoms with Crippen molar-refractivity contribution < 1.29 is 9.53 Å². The molecule has 0 spiro atoms. The maximum Gasteiger partial charge on any atom is 0.323 e. The Balaban J connectivity index is 2.55. The fourth-order valence-electron chi connectivity index (χ4n) is 1.94. The largest absolute Gasteiger partial charge is 0.459 e. The van der Waals surface area contributed by atoms with Crippen LogP contribution in [0.4, 0.5) is 0 Å². The van der Waals surface area contributed by atoms with Crippen LogP contribution < -0.4 is 5.32 Å². The van der Waals surface area contributed by atoms with Gasteiger partial charge in [0, 0.05) is 26.2 Å². The van der Waals surface area contributed by atoms with Gasteiger partial charge in [-0.15, -0.1) is 0 Å². The van der Waals surface area contributed by atoms with E-state index in [1.165, 1.54) is 0 Å². The van der Waals surface area contributed by atoms with Gasteiger partial charge in [-0.2, -0.15) is 0 Å². The van der Waals surface area contributed by atoms with Gasteiger partial charge in [0.05, 0.1) is 0 Å². The Bertz CT molecular complexity index is 230. The van der Waals surface area contributed by atoms with Crippen molar-refractivity contribution in [3.8, 4) is 0 Å². The molecule has 4 heteroatoms. The summed E-state index contributed by atoms with van der Waals surface area (Å²) in [7, 11) is 0. The summed E-state index contributed by atoms with van der Waals surface area (Å²) < 4.78 is 5.44. The number of piperazine rings is 1. The lowest BCUT2D eigenvalue weighted by Crippen LogP contribution is -2.52. The normalized spacial score (nSPS) is 20.5. The molecule has 1 fully saturated rings. The number of carbonyl (C=O) groups is 1. The maximum absolute atomic E-state index is 12.0. The lowest BCUT2D eigenvalue weighted by molar-refractivity contribution is -0.161. The van der Waals surface area contributed by atoms with Crippen LogP contribution >= 0.6 is 0 Å². The van der Waals surface area contributed by atoms with Crippen molar-refractivity contribution in [3.63, 3.8) is 0 Å². The predicted molar refractivity (Wildman–Crippen MR) is 64.4 cm³/mol. The lowest BCUT2D eigenvalue weighted by Gasteiger charge is -2.34. The average Bonchev–Trinajstić information content (AvgIpc) is 2.17. The highest BCUT2D eigenvalue weighted by atomic mass is 16.6. The van der Waals surface area contributed by atoms with Gasteiger partial charge in [0.1, 0.15) is 11.6 Å². The monoisotopic (exact) mass is 228 g/mol. The van der Waals surface area contributed by atoms with Gasteiger partial charge in [0.25, 0.3) is 0 Å². The Morgan fingerprint density at radius 1 is 1.38 bits per heavy atom. The molecule has 0 aromatic heterocycles. The van der Waals surface area contributed by atoms with E-state index < -0.39 is 5.60 Å². The molecule has 0 aromatic carbocycles. The topological polar surface area (TPSA) is 41.6 Å². The van der Waals surface area contributed by atoms with E-state index in [9.17, 15) is 4.79 Å². The SMILES string of the molecule is CCC(C(=O)OC(C)(C)C)N1CCNCC1. The maximum atomic E-state index is 12.0. The molecule has 0 amide bonds. The Hall–Kier alpha value is -0.610.